The molecule has 2 amide bonds. The fraction of sp³-hybridized carbons (Fsp3) is 0.857. The van der Waals surface area contributed by atoms with Gasteiger partial charge < -0.3 is 9.80 Å². The van der Waals surface area contributed by atoms with Crippen molar-refractivity contribution in [3.63, 3.8) is 0 Å². The van der Waals surface area contributed by atoms with E-state index in [1.54, 1.807) is 0 Å². The molecule has 4 nitrogen and oxygen atoms in total. The molecule has 2 aliphatic rings. The summed E-state index contributed by atoms with van der Waals surface area (Å²) in [5, 5.41) is 0. The summed E-state index contributed by atoms with van der Waals surface area (Å²) in [6.07, 6.45) is 3.09. The zero-order chi connectivity index (χ0) is 13.3. The van der Waals surface area contributed by atoms with Crippen LogP contribution in [-0.2, 0) is 9.59 Å². The van der Waals surface area contributed by atoms with Crippen molar-refractivity contribution < 1.29 is 9.59 Å². The molecule has 2 heterocycles. The molecule has 0 aliphatic carbocycles. The number of carbonyl (C=O) groups excluding carboxylic acids is 2. The lowest BCUT2D eigenvalue weighted by Gasteiger charge is -2.26. The lowest BCUT2D eigenvalue weighted by Crippen LogP contribution is -2.40. The van der Waals surface area contributed by atoms with Gasteiger partial charge in [0.25, 0.3) is 0 Å². The van der Waals surface area contributed by atoms with Gasteiger partial charge in [0.2, 0.25) is 11.8 Å². The third-order valence-electron chi connectivity index (χ3n) is 3.88. The highest BCUT2D eigenvalue weighted by molar-refractivity contribution is 5.84. The largest absolute Gasteiger partial charge is 0.342 e. The van der Waals surface area contributed by atoms with Crippen molar-refractivity contribution in [3.05, 3.63) is 0 Å². The summed E-state index contributed by atoms with van der Waals surface area (Å²) in [7, 11) is 0. The maximum Gasteiger partial charge on any atom is 0.227 e. The van der Waals surface area contributed by atoms with E-state index in [1.807, 2.05) is 30.6 Å². The molecule has 1 atom stereocenters. The molecule has 0 aromatic rings. The Morgan fingerprint density at radius 1 is 1.00 bits per heavy atom. The van der Waals surface area contributed by atoms with Crippen LogP contribution < -0.4 is 0 Å². The highest BCUT2D eigenvalue weighted by Gasteiger charge is 2.37. The summed E-state index contributed by atoms with van der Waals surface area (Å²) in [5.41, 5.74) is -0.342. The maximum absolute atomic E-state index is 12.3. The van der Waals surface area contributed by atoms with Gasteiger partial charge >= 0.3 is 0 Å². The Hall–Kier alpha value is -1.06. The first-order valence-corrected chi connectivity index (χ1v) is 6.98. The van der Waals surface area contributed by atoms with E-state index in [9.17, 15) is 9.59 Å². The minimum absolute atomic E-state index is 0.0365. The Morgan fingerprint density at radius 2 is 1.61 bits per heavy atom. The van der Waals surface area contributed by atoms with Crippen LogP contribution in [0.5, 0.6) is 0 Å². The Kier molecular flexibility index (Phi) is 3.64. The number of hydrogen-bond acceptors (Lipinski definition) is 2. The van der Waals surface area contributed by atoms with Crippen LogP contribution in [0.2, 0.25) is 0 Å². The van der Waals surface area contributed by atoms with Crippen LogP contribution in [0.15, 0.2) is 0 Å². The average molecular weight is 252 g/mol. The molecule has 0 aromatic heterocycles. The Morgan fingerprint density at radius 3 is 2.17 bits per heavy atom. The molecule has 0 saturated carbocycles. The van der Waals surface area contributed by atoms with Gasteiger partial charge in [0, 0.05) is 31.6 Å². The van der Waals surface area contributed by atoms with E-state index in [2.05, 4.69) is 0 Å². The van der Waals surface area contributed by atoms with E-state index in [0.717, 1.165) is 38.9 Å². The molecule has 2 saturated heterocycles. The summed E-state index contributed by atoms with van der Waals surface area (Å²) in [6.45, 7) is 8.97. The Balaban J connectivity index is 1.92. The van der Waals surface area contributed by atoms with Crippen molar-refractivity contribution in [1.29, 1.82) is 0 Å². The van der Waals surface area contributed by atoms with Gasteiger partial charge in [0.15, 0.2) is 0 Å². The van der Waals surface area contributed by atoms with Crippen LogP contribution in [0.1, 0.15) is 40.0 Å². The van der Waals surface area contributed by atoms with Gasteiger partial charge in [-0.15, -0.1) is 0 Å². The first kappa shape index (κ1) is 13.4. The van der Waals surface area contributed by atoms with Gasteiger partial charge in [0.05, 0.1) is 5.92 Å². The van der Waals surface area contributed by atoms with Crippen LogP contribution >= 0.6 is 0 Å². The number of likely N-dealkylation sites (tertiary alicyclic amines) is 2. The van der Waals surface area contributed by atoms with Gasteiger partial charge in [-0.3, -0.25) is 9.59 Å². The summed E-state index contributed by atoms with van der Waals surface area (Å²) in [4.78, 5) is 28.2. The standard InChI is InChI=1S/C14H24N2O2/c1-14(2,3)13(18)16-9-6-11(10-16)12(17)15-7-4-5-8-15/h11H,4-10H2,1-3H3. The molecule has 102 valence electrons. The second kappa shape index (κ2) is 4.90. The lowest BCUT2D eigenvalue weighted by molar-refractivity contribution is -0.139. The summed E-state index contributed by atoms with van der Waals surface area (Å²) < 4.78 is 0. The van der Waals surface area contributed by atoms with Gasteiger partial charge in [-0.1, -0.05) is 20.8 Å². The second-order valence-electron chi connectivity index (χ2n) is 6.52. The van der Waals surface area contributed by atoms with Crippen molar-refractivity contribution in [3.8, 4) is 0 Å². The molecular weight excluding hydrogens is 228 g/mol. The minimum atomic E-state index is -0.342. The molecule has 0 N–H and O–H groups in total. The molecule has 2 fully saturated rings. The number of nitrogens with zero attached hydrogens (tertiary/aromatic N) is 2. The molecule has 1 unspecified atom stereocenters. The number of amides is 2. The van der Waals surface area contributed by atoms with Crippen LogP contribution in [0.3, 0.4) is 0 Å². The van der Waals surface area contributed by atoms with Gasteiger partial charge in [0.1, 0.15) is 0 Å². The van der Waals surface area contributed by atoms with E-state index in [1.165, 1.54) is 0 Å². The molecule has 18 heavy (non-hydrogen) atoms. The molecular formula is C14H24N2O2. The van der Waals surface area contributed by atoms with Crippen LogP contribution in [-0.4, -0.2) is 47.8 Å². The maximum atomic E-state index is 12.3. The van der Waals surface area contributed by atoms with Crippen LogP contribution in [0.25, 0.3) is 0 Å². The third-order valence-corrected chi connectivity index (χ3v) is 3.88. The first-order chi connectivity index (χ1) is 8.39. The number of carbonyl (C=O) groups is 2. The van der Waals surface area contributed by atoms with Gasteiger partial charge in [-0.2, -0.15) is 0 Å². The molecule has 0 aromatic carbocycles. The van der Waals surface area contributed by atoms with Crippen LogP contribution in [0, 0.1) is 11.3 Å². The Labute approximate surface area is 109 Å². The molecule has 0 bridgehead atoms. The summed E-state index contributed by atoms with van der Waals surface area (Å²) in [5.74, 6) is 0.463. The molecule has 0 spiro atoms. The summed E-state index contributed by atoms with van der Waals surface area (Å²) >= 11 is 0. The van der Waals surface area contributed by atoms with Gasteiger partial charge in [-0.25, -0.2) is 0 Å². The zero-order valence-electron chi connectivity index (χ0n) is 11.7. The van der Waals surface area contributed by atoms with Crippen molar-refractivity contribution in [2.75, 3.05) is 26.2 Å². The predicted molar refractivity (Wildman–Crippen MR) is 70.0 cm³/mol. The normalized spacial score (nSPS) is 24.7. The topological polar surface area (TPSA) is 40.6 Å². The Bertz CT molecular complexity index is 340. The number of hydrogen-bond donors (Lipinski definition) is 0. The van der Waals surface area contributed by atoms with E-state index < -0.39 is 0 Å². The average Bonchev–Trinajstić information content (AvgIpc) is 2.97. The highest BCUT2D eigenvalue weighted by Crippen LogP contribution is 2.25. The van der Waals surface area contributed by atoms with E-state index in [-0.39, 0.29) is 23.1 Å². The SMILES string of the molecule is CC(C)(C)C(=O)N1CCC(C(=O)N2CCCC2)C1. The van der Waals surface area contributed by atoms with E-state index in [0.29, 0.717) is 6.54 Å². The van der Waals surface area contributed by atoms with Crippen molar-refractivity contribution in [2.45, 2.75) is 40.0 Å². The lowest BCUT2D eigenvalue weighted by atomic mass is 9.95. The predicted octanol–water partition coefficient (Wildman–Crippen LogP) is 1.50. The fourth-order valence-electron chi connectivity index (χ4n) is 2.82. The smallest absolute Gasteiger partial charge is 0.227 e. The van der Waals surface area contributed by atoms with Crippen LogP contribution in [0.4, 0.5) is 0 Å². The molecule has 2 aliphatic heterocycles. The third kappa shape index (κ3) is 2.68. The molecule has 4 heteroatoms. The van der Waals surface area contributed by atoms with Crippen molar-refractivity contribution in [1.82, 2.24) is 9.80 Å². The van der Waals surface area contributed by atoms with Crippen molar-refractivity contribution >= 4 is 11.8 Å². The minimum Gasteiger partial charge on any atom is -0.342 e. The zero-order valence-corrected chi connectivity index (χ0v) is 11.7. The molecule has 2 rings (SSSR count). The van der Waals surface area contributed by atoms with E-state index >= 15 is 0 Å². The highest BCUT2D eigenvalue weighted by atomic mass is 16.2. The quantitative estimate of drug-likeness (QED) is 0.709. The van der Waals surface area contributed by atoms with Gasteiger partial charge in [-0.05, 0) is 19.3 Å². The van der Waals surface area contributed by atoms with E-state index in [4.69, 9.17) is 0 Å². The van der Waals surface area contributed by atoms with Crippen molar-refractivity contribution in [2.24, 2.45) is 11.3 Å². The first-order valence-electron chi connectivity index (χ1n) is 6.98. The second-order valence-corrected chi connectivity index (χ2v) is 6.52. The molecule has 0 radical (unpaired) electrons. The summed E-state index contributed by atoms with van der Waals surface area (Å²) in [6, 6.07) is 0. The number of rotatable bonds is 1. The monoisotopic (exact) mass is 252 g/mol. The fourth-order valence-corrected chi connectivity index (χ4v) is 2.82.